The average molecular weight is 120 g/mol. The molecule has 42 valence electrons. The van der Waals surface area contributed by atoms with Crippen LogP contribution in [0.3, 0.4) is 0 Å². The van der Waals surface area contributed by atoms with Gasteiger partial charge in [0, 0.05) is 12.8 Å². The second-order valence-corrected chi connectivity index (χ2v) is 2.22. The van der Waals surface area contributed by atoms with Crippen LogP contribution < -0.4 is 0 Å². The molecule has 0 amide bonds. The monoisotopic (exact) mass is 120 g/mol. The van der Waals surface area contributed by atoms with Gasteiger partial charge in [0.15, 0.2) is 8.46 Å². The van der Waals surface area contributed by atoms with Crippen molar-refractivity contribution in [3.8, 4) is 0 Å². The largest absolute Gasteiger partial charge is 0.396 e. The van der Waals surface area contributed by atoms with E-state index < -0.39 is 0 Å². The lowest BCUT2D eigenvalue weighted by atomic mass is 10.2. The lowest BCUT2D eigenvalue weighted by Gasteiger charge is -1.96. The highest BCUT2D eigenvalue weighted by molar-refractivity contribution is 7.23. The molecule has 0 aliphatic carbocycles. The van der Waals surface area contributed by atoms with Gasteiger partial charge in [-0.25, -0.2) is 0 Å². The van der Waals surface area contributed by atoms with Gasteiger partial charge in [-0.2, -0.15) is 0 Å². The van der Waals surface area contributed by atoms with E-state index in [-0.39, 0.29) is 21.0 Å². The van der Waals surface area contributed by atoms with E-state index in [9.17, 15) is 4.57 Å². The molecule has 0 fully saturated rings. The van der Waals surface area contributed by atoms with Gasteiger partial charge in [-0.3, -0.25) is 4.57 Å². The van der Waals surface area contributed by atoms with Crippen LogP contribution in [0.25, 0.3) is 0 Å². The number of rotatable bonds is 3. The van der Waals surface area contributed by atoms with Crippen molar-refractivity contribution in [3.05, 3.63) is 0 Å². The molecule has 0 saturated carbocycles. The second kappa shape index (κ2) is 4.23. The Morgan fingerprint density at radius 1 is 1.86 bits per heavy atom. The summed E-state index contributed by atoms with van der Waals surface area (Å²) in [5.74, 6) is 0.180. The van der Waals surface area contributed by atoms with Gasteiger partial charge in [-0.05, 0) is 5.92 Å². The zero-order valence-electron chi connectivity index (χ0n) is 4.29. The molecular formula is C4H9O2P. The number of hydrogen-bond acceptors (Lipinski definition) is 2. The zero-order chi connectivity index (χ0) is 5.70. The van der Waals surface area contributed by atoms with Crippen LogP contribution in [0.4, 0.5) is 0 Å². The molecule has 1 N–H and O–H groups in total. The number of aliphatic hydroxyl groups is 1. The van der Waals surface area contributed by atoms with E-state index in [1.807, 2.05) is 6.92 Å². The van der Waals surface area contributed by atoms with E-state index in [0.717, 1.165) is 0 Å². The maximum absolute atomic E-state index is 9.76. The highest BCUT2D eigenvalue weighted by atomic mass is 31.1. The van der Waals surface area contributed by atoms with Crippen molar-refractivity contribution in [2.45, 2.75) is 6.92 Å². The Kier molecular flexibility index (Phi) is 4.26. The summed E-state index contributed by atoms with van der Waals surface area (Å²) in [6.45, 7) is 1.99. The molecule has 0 rings (SSSR count). The second-order valence-electron chi connectivity index (χ2n) is 1.60. The molecule has 0 aliphatic rings. The molecule has 1 unspecified atom stereocenters. The van der Waals surface area contributed by atoms with Gasteiger partial charge in [0.2, 0.25) is 0 Å². The van der Waals surface area contributed by atoms with Gasteiger partial charge < -0.3 is 5.11 Å². The van der Waals surface area contributed by atoms with Crippen molar-refractivity contribution in [1.29, 1.82) is 0 Å². The molecule has 0 saturated heterocycles. The molecule has 7 heavy (non-hydrogen) atoms. The Hall–Kier alpha value is 0.0600. The lowest BCUT2D eigenvalue weighted by Crippen LogP contribution is -2.00. The third-order valence-electron chi connectivity index (χ3n) is 0.698. The maximum atomic E-state index is 9.76. The van der Waals surface area contributed by atoms with Crippen LogP contribution in [-0.2, 0) is 4.57 Å². The van der Waals surface area contributed by atoms with Gasteiger partial charge in [0.25, 0.3) is 0 Å². The summed E-state index contributed by atoms with van der Waals surface area (Å²) in [7, 11) is 0.130. The van der Waals surface area contributed by atoms with Gasteiger partial charge in [-0.1, -0.05) is 6.92 Å². The Bertz CT molecular complexity index is 55.7. The maximum Gasteiger partial charge on any atom is 0.155 e. The van der Waals surface area contributed by atoms with Crippen LogP contribution in [0.2, 0.25) is 0 Å². The highest BCUT2D eigenvalue weighted by Gasteiger charge is 1.95. The van der Waals surface area contributed by atoms with Crippen molar-refractivity contribution in [2.24, 2.45) is 5.92 Å². The molecule has 3 heteroatoms. The smallest absolute Gasteiger partial charge is 0.155 e. The van der Waals surface area contributed by atoms with E-state index in [1.54, 1.807) is 0 Å². The quantitative estimate of drug-likeness (QED) is 0.562. The van der Waals surface area contributed by atoms with E-state index in [2.05, 4.69) is 0 Å². The Morgan fingerprint density at radius 3 is 2.57 bits per heavy atom. The molecule has 0 radical (unpaired) electrons. The lowest BCUT2D eigenvalue weighted by molar-refractivity contribution is 0.250. The molecule has 0 spiro atoms. The average Bonchev–Trinajstić information content (AvgIpc) is 1.68. The molecule has 0 aromatic heterocycles. The minimum absolute atomic E-state index is 0.130. The summed E-state index contributed by atoms with van der Waals surface area (Å²) in [6.07, 6.45) is 0.566. The Balaban J connectivity index is 2.98. The van der Waals surface area contributed by atoms with Gasteiger partial charge in [0.1, 0.15) is 0 Å². The van der Waals surface area contributed by atoms with Crippen molar-refractivity contribution in [1.82, 2.24) is 0 Å². The molecule has 0 aliphatic heterocycles. The first-order valence-electron chi connectivity index (χ1n) is 2.21. The van der Waals surface area contributed by atoms with Crippen LogP contribution in [0.5, 0.6) is 0 Å². The molecule has 0 heterocycles. The first kappa shape index (κ1) is 7.06. The minimum Gasteiger partial charge on any atom is -0.396 e. The van der Waals surface area contributed by atoms with Gasteiger partial charge in [-0.15, -0.1) is 0 Å². The van der Waals surface area contributed by atoms with Crippen molar-refractivity contribution >= 4 is 8.46 Å². The minimum atomic E-state index is 0.130. The predicted octanol–water partition coefficient (Wildman–Crippen LogP) is 0.906. The third-order valence-corrected chi connectivity index (χ3v) is 1.47. The molecule has 0 bridgehead atoms. The molecule has 0 aromatic rings. The van der Waals surface area contributed by atoms with E-state index >= 15 is 0 Å². The molecule has 2 nitrogen and oxygen atoms in total. The first-order valence-corrected chi connectivity index (χ1v) is 3.21. The van der Waals surface area contributed by atoms with Gasteiger partial charge >= 0.3 is 0 Å². The van der Waals surface area contributed by atoms with E-state index in [1.165, 1.54) is 0 Å². The summed E-state index contributed by atoms with van der Waals surface area (Å²) >= 11 is 0. The van der Waals surface area contributed by atoms with Crippen molar-refractivity contribution < 1.29 is 9.67 Å². The summed E-state index contributed by atoms with van der Waals surface area (Å²) in [4.78, 5) is 0. The fourth-order valence-electron chi connectivity index (χ4n) is 0.185. The van der Waals surface area contributed by atoms with Crippen LogP contribution >= 0.6 is 8.46 Å². The topological polar surface area (TPSA) is 37.3 Å². The van der Waals surface area contributed by atoms with E-state index in [4.69, 9.17) is 5.11 Å². The fraction of sp³-hybridized carbons (Fsp3) is 1.00. The summed E-state index contributed by atoms with van der Waals surface area (Å²) in [6, 6.07) is 0. The number of hydrogen-bond donors (Lipinski definition) is 1. The number of aliphatic hydroxyl groups excluding tert-OH is 1. The summed E-state index contributed by atoms with van der Waals surface area (Å²) in [5.41, 5.74) is 0. The molecular weight excluding hydrogens is 111 g/mol. The first-order chi connectivity index (χ1) is 3.31. The normalized spacial score (nSPS) is 14.6. The van der Waals surface area contributed by atoms with Crippen LogP contribution in [0.1, 0.15) is 6.92 Å². The van der Waals surface area contributed by atoms with Crippen molar-refractivity contribution in [3.63, 3.8) is 0 Å². The van der Waals surface area contributed by atoms with Crippen molar-refractivity contribution in [2.75, 3.05) is 12.8 Å². The predicted molar refractivity (Wildman–Crippen MR) is 28.7 cm³/mol. The van der Waals surface area contributed by atoms with Gasteiger partial charge in [0.05, 0.1) is 0 Å². The fourth-order valence-corrected chi connectivity index (χ4v) is 0.555. The highest BCUT2D eigenvalue weighted by Crippen LogP contribution is 2.01. The SMILES string of the molecule is CC(CO)CP=O. The zero-order valence-corrected chi connectivity index (χ0v) is 5.19. The van der Waals surface area contributed by atoms with Crippen LogP contribution in [-0.4, -0.2) is 17.9 Å². The molecule has 1 atom stereocenters. The Morgan fingerprint density at radius 2 is 2.43 bits per heavy atom. The van der Waals surface area contributed by atoms with E-state index in [0.29, 0.717) is 6.16 Å². The molecule has 0 aromatic carbocycles. The van der Waals surface area contributed by atoms with Crippen LogP contribution in [0, 0.1) is 5.92 Å². The summed E-state index contributed by atoms with van der Waals surface area (Å²) < 4.78 is 9.76. The standard InChI is InChI=1S/C4H9O2P/c1-4(2-5)3-7-6/h4-5H,2-3H2,1H3. The summed E-state index contributed by atoms with van der Waals surface area (Å²) in [5, 5.41) is 8.32. The Labute approximate surface area is 44.7 Å². The van der Waals surface area contributed by atoms with Crippen LogP contribution in [0.15, 0.2) is 0 Å². The third kappa shape index (κ3) is 3.90.